The van der Waals surface area contributed by atoms with E-state index in [4.69, 9.17) is 9.72 Å². The van der Waals surface area contributed by atoms with Gasteiger partial charge in [-0.25, -0.2) is 19.3 Å². The van der Waals surface area contributed by atoms with Gasteiger partial charge in [0, 0.05) is 53.8 Å². The second-order valence-electron chi connectivity index (χ2n) is 7.27. The molecule has 4 aromatic rings. The molecule has 4 heterocycles. The highest BCUT2D eigenvalue weighted by Gasteiger charge is 2.25. The van der Waals surface area contributed by atoms with Gasteiger partial charge < -0.3 is 9.64 Å². The first-order valence-electron chi connectivity index (χ1n) is 9.82. The van der Waals surface area contributed by atoms with E-state index in [2.05, 4.69) is 25.2 Å². The SMILES string of the molecule is COc1cc2c(N3CCC(c4nc(-c5ccncc5)cs4)CC3)ncnc2cc1F. The van der Waals surface area contributed by atoms with Crippen LogP contribution in [0.25, 0.3) is 22.2 Å². The minimum absolute atomic E-state index is 0.208. The predicted octanol–water partition coefficient (Wildman–Crippen LogP) is 4.68. The van der Waals surface area contributed by atoms with Gasteiger partial charge in [-0.2, -0.15) is 0 Å². The zero-order valence-electron chi connectivity index (χ0n) is 16.5. The lowest BCUT2D eigenvalue weighted by Gasteiger charge is -2.32. The Morgan fingerprint density at radius 3 is 2.70 bits per heavy atom. The van der Waals surface area contributed by atoms with Crippen molar-refractivity contribution in [1.82, 2.24) is 19.9 Å². The number of methoxy groups -OCH3 is 1. The molecule has 1 saturated heterocycles. The van der Waals surface area contributed by atoms with Crippen LogP contribution in [0.4, 0.5) is 10.2 Å². The van der Waals surface area contributed by atoms with Gasteiger partial charge in [-0.15, -0.1) is 11.3 Å². The van der Waals surface area contributed by atoms with Gasteiger partial charge in [-0.3, -0.25) is 4.98 Å². The summed E-state index contributed by atoms with van der Waals surface area (Å²) >= 11 is 1.72. The number of anilines is 1. The van der Waals surface area contributed by atoms with E-state index < -0.39 is 5.82 Å². The molecule has 1 fully saturated rings. The first-order valence-corrected chi connectivity index (χ1v) is 10.7. The fourth-order valence-corrected chi connectivity index (χ4v) is 4.92. The Bertz CT molecular complexity index is 1170. The van der Waals surface area contributed by atoms with Crippen LogP contribution >= 0.6 is 11.3 Å². The van der Waals surface area contributed by atoms with E-state index in [-0.39, 0.29) is 5.75 Å². The summed E-state index contributed by atoms with van der Waals surface area (Å²) in [4.78, 5) is 19.9. The number of fused-ring (bicyclic) bond motifs is 1. The second-order valence-corrected chi connectivity index (χ2v) is 8.16. The molecule has 0 spiro atoms. The maximum atomic E-state index is 14.0. The Balaban J connectivity index is 1.35. The quantitative estimate of drug-likeness (QED) is 0.477. The van der Waals surface area contributed by atoms with Crippen LogP contribution in [0.2, 0.25) is 0 Å². The van der Waals surface area contributed by atoms with Crippen molar-refractivity contribution >= 4 is 28.1 Å². The van der Waals surface area contributed by atoms with E-state index >= 15 is 0 Å². The zero-order chi connectivity index (χ0) is 20.5. The summed E-state index contributed by atoms with van der Waals surface area (Å²) in [5.74, 6) is 1.05. The summed E-state index contributed by atoms with van der Waals surface area (Å²) in [6.07, 6.45) is 7.07. The molecule has 1 aliphatic heterocycles. The molecule has 0 atom stereocenters. The maximum absolute atomic E-state index is 14.0. The van der Waals surface area contributed by atoms with E-state index in [1.165, 1.54) is 24.5 Å². The second kappa shape index (κ2) is 7.95. The Hall–Kier alpha value is -3.13. The lowest BCUT2D eigenvalue weighted by atomic mass is 9.97. The van der Waals surface area contributed by atoms with Crippen LogP contribution in [-0.2, 0) is 0 Å². The molecule has 0 aliphatic carbocycles. The summed E-state index contributed by atoms with van der Waals surface area (Å²) < 4.78 is 19.2. The van der Waals surface area contributed by atoms with Crippen molar-refractivity contribution in [3.63, 3.8) is 0 Å². The van der Waals surface area contributed by atoms with Crippen molar-refractivity contribution in [2.24, 2.45) is 0 Å². The van der Waals surface area contributed by atoms with Crippen molar-refractivity contribution in [3.05, 3.63) is 59.2 Å². The van der Waals surface area contributed by atoms with Crippen LogP contribution in [0.15, 0.2) is 48.4 Å². The molecular weight excluding hydrogens is 401 g/mol. The number of hydrogen-bond donors (Lipinski definition) is 0. The van der Waals surface area contributed by atoms with Gasteiger partial charge >= 0.3 is 0 Å². The van der Waals surface area contributed by atoms with Crippen molar-refractivity contribution in [2.75, 3.05) is 25.1 Å². The van der Waals surface area contributed by atoms with Crippen molar-refractivity contribution in [3.8, 4) is 17.0 Å². The monoisotopic (exact) mass is 421 g/mol. The molecule has 3 aromatic heterocycles. The number of hydrogen-bond acceptors (Lipinski definition) is 7. The van der Waals surface area contributed by atoms with Crippen LogP contribution < -0.4 is 9.64 Å². The summed E-state index contributed by atoms with van der Waals surface area (Å²) in [5, 5.41) is 4.11. The smallest absolute Gasteiger partial charge is 0.167 e. The summed E-state index contributed by atoms with van der Waals surface area (Å²) in [5.41, 5.74) is 2.69. The average molecular weight is 422 g/mol. The van der Waals surface area contributed by atoms with Crippen LogP contribution in [-0.4, -0.2) is 40.1 Å². The molecule has 1 aromatic carbocycles. The largest absolute Gasteiger partial charge is 0.494 e. The number of benzene rings is 1. The van der Waals surface area contributed by atoms with Crippen molar-refractivity contribution < 1.29 is 9.13 Å². The summed E-state index contributed by atoms with van der Waals surface area (Å²) in [6, 6.07) is 7.06. The molecule has 0 bridgehead atoms. The van der Waals surface area contributed by atoms with Crippen LogP contribution in [0, 0.1) is 5.82 Å². The van der Waals surface area contributed by atoms with E-state index in [9.17, 15) is 4.39 Å². The highest BCUT2D eigenvalue weighted by atomic mass is 32.1. The number of aromatic nitrogens is 4. The third-order valence-electron chi connectivity index (χ3n) is 5.53. The standard InChI is InChI=1S/C22H20FN5OS/c1-29-20-10-16-18(11-17(20)23)25-13-26-21(16)28-8-4-15(5-9-28)22-27-19(12-30-22)14-2-6-24-7-3-14/h2-3,6-7,10-13,15H,4-5,8-9H2,1H3. The minimum atomic E-state index is -0.415. The molecule has 0 unspecified atom stereocenters. The maximum Gasteiger partial charge on any atom is 0.167 e. The highest BCUT2D eigenvalue weighted by Crippen LogP contribution is 2.36. The third kappa shape index (κ3) is 3.47. The number of pyridine rings is 1. The highest BCUT2D eigenvalue weighted by molar-refractivity contribution is 7.10. The molecule has 0 radical (unpaired) electrons. The van der Waals surface area contributed by atoms with Crippen molar-refractivity contribution in [2.45, 2.75) is 18.8 Å². The number of ether oxygens (including phenoxy) is 1. The zero-order valence-corrected chi connectivity index (χ0v) is 17.3. The lowest BCUT2D eigenvalue weighted by Crippen LogP contribution is -2.33. The number of piperidine rings is 1. The molecule has 0 N–H and O–H groups in total. The van der Waals surface area contributed by atoms with Crippen molar-refractivity contribution in [1.29, 1.82) is 0 Å². The number of halogens is 1. The van der Waals surface area contributed by atoms with E-state index in [0.29, 0.717) is 11.4 Å². The molecule has 0 saturated carbocycles. The molecule has 1 aliphatic rings. The Labute approximate surface area is 177 Å². The van der Waals surface area contributed by atoms with E-state index in [1.807, 2.05) is 12.1 Å². The summed E-state index contributed by atoms with van der Waals surface area (Å²) in [7, 11) is 1.47. The van der Waals surface area contributed by atoms with E-state index in [1.54, 1.807) is 29.8 Å². The normalized spacial score (nSPS) is 14.9. The van der Waals surface area contributed by atoms with Gasteiger partial charge in [-0.1, -0.05) is 0 Å². The fourth-order valence-electron chi connectivity index (χ4n) is 3.92. The fraction of sp³-hybridized carbons (Fsp3) is 0.273. The molecule has 0 amide bonds. The Kier molecular flexibility index (Phi) is 5.00. The topological polar surface area (TPSA) is 64.0 Å². The lowest BCUT2D eigenvalue weighted by molar-refractivity contribution is 0.387. The van der Waals surface area contributed by atoms with Gasteiger partial charge in [0.2, 0.25) is 0 Å². The van der Waals surface area contributed by atoms with Crippen LogP contribution in [0.3, 0.4) is 0 Å². The third-order valence-corrected chi connectivity index (χ3v) is 6.54. The number of rotatable bonds is 4. The van der Waals surface area contributed by atoms with Gasteiger partial charge in [0.1, 0.15) is 12.1 Å². The van der Waals surface area contributed by atoms with E-state index in [0.717, 1.165) is 48.4 Å². The number of thiazole rings is 1. The molecule has 152 valence electrons. The Morgan fingerprint density at radius 1 is 1.13 bits per heavy atom. The first kappa shape index (κ1) is 18.9. The van der Waals surface area contributed by atoms with Gasteiger partial charge in [0.15, 0.2) is 11.6 Å². The first-order chi connectivity index (χ1) is 14.7. The molecular formula is C22H20FN5OS. The number of nitrogens with zero attached hydrogens (tertiary/aromatic N) is 5. The van der Waals surface area contributed by atoms with Gasteiger partial charge in [-0.05, 0) is 31.0 Å². The molecule has 5 rings (SSSR count). The van der Waals surface area contributed by atoms with Crippen LogP contribution in [0.5, 0.6) is 5.75 Å². The average Bonchev–Trinajstić information content (AvgIpc) is 3.29. The molecule has 6 nitrogen and oxygen atoms in total. The molecule has 30 heavy (non-hydrogen) atoms. The minimum Gasteiger partial charge on any atom is -0.494 e. The molecule has 8 heteroatoms. The van der Waals surface area contributed by atoms with Crippen LogP contribution in [0.1, 0.15) is 23.8 Å². The summed E-state index contributed by atoms with van der Waals surface area (Å²) in [6.45, 7) is 1.72. The predicted molar refractivity (Wildman–Crippen MR) is 116 cm³/mol. The Morgan fingerprint density at radius 2 is 1.93 bits per heavy atom. The van der Waals surface area contributed by atoms with Gasteiger partial charge in [0.05, 0.1) is 23.3 Å². The van der Waals surface area contributed by atoms with Gasteiger partial charge in [0.25, 0.3) is 0 Å².